The van der Waals surface area contributed by atoms with E-state index in [2.05, 4.69) is 27.2 Å². The SMILES string of the molecule is CCCCN1C(=O)C(Nc2ccc(N3CCOCC3)cc2)=C(c2cccc(Cl)c2)S1(=O)=O.Nc1ccc(N2CCOCC2)cc1. The van der Waals surface area contributed by atoms with Gasteiger partial charge in [0.2, 0.25) is 0 Å². The molecule has 0 atom stereocenters. The minimum Gasteiger partial charge on any atom is -0.399 e. The molecule has 2 fully saturated rings. The Morgan fingerprint density at radius 1 is 0.844 bits per heavy atom. The van der Waals surface area contributed by atoms with E-state index in [1.54, 1.807) is 24.3 Å². The van der Waals surface area contributed by atoms with Crippen molar-refractivity contribution in [3.05, 3.63) is 89.1 Å². The lowest BCUT2D eigenvalue weighted by atomic mass is 10.1. The normalized spacial score (nSPS) is 18.1. The number of amides is 1. The summed E-state index contributed by atoms with van der Waals surface area (Å²) in [5.41, 5.74) is 9.78. The monoisotopic (exact) mass is 653 g/mol. The van der Waals surface area contributed by atoms with Crippen LogP contribution in [0.5, 0.6) is 0 Å². The van der Waals surface area contributed by atoms with Gasteiger partial charge < -0.3 is 30.3 Å². The number of nitrogens with two attached hydrogens (primary N) is 1. The average molecular weight is 654 g/mol. The van der Waals surface area contributed by atoms with Gasteiger partial charge in [-0.15, -0.1) is 0 Å². The summed E-state index contributed by atoms with van der Waals surface area (Å²) < 4.78 is 38.3. The molecule has 0 unspecified atom stereocenters. The molecular formula is C33H40ClN5O5S. The minimum atomic E-state index is -3.99. The molecule has 0 aliphatic carbocycles. The van der Waals surface area contributed by atoms with E-state index in [4.69, 9.17) is 26.8 Å². The third-order valence-corrected chi connectivity index (χ3v) is 9.92. The van der Waals surface area contributed by atoms with Gasteiger partial charge in [0.25, 0.3) is 15.9 Å². The third kappa shape index (κ3) is 7.91. The van der Waals surface area contributed by atoms with Crippen LogP contribution >= 0.6 is 11.6 Å². The molecule has 0 aromatic heterocycles. The molecule has 1 amide bonds. The largest absolute Gasteiger partial charge is 0.399 e. The predicted octanol–water partition coefficient (Wildman–Crippen LogP) is 5.03. The van der Waals surface area contributed by atoms with Crippen LogP contribution in [0.2, 0.25) is 5.02 Å². The number of anilines is 4. The van der Waals surface area contributed by atoms with E-state index >= 15 is 0 Å². The average Bonchev–Trinajstić information content (AvgIpc) is 3.24. The topological polar surface area (TPSA) is 117 Å². The summed E-state index contributed by atoms with van der Waals surface area (Å²) in [6.07, 6.45) is 1.37. The minimum absolute atomic E-state index is 0.0432. The zero-order valence-corrected chi connectivity index (χ0v) is 27.0. The highest BCUT2D eigenvalue weighted by molar-refractivity contribution is 7.99. The summed E-state index contributed by atoms with van der Waals surface area (Å²) in [4.78, 5) is 17.7. The summed E-state index contributed by atoms with van der Waals surface area (Å²) in [7, 11) is -3.99. The Balaban J connectivity index is 0.000000256. The Morgan fingerprint density at radius 3 is 1.93 bits per heavy atom. The van der Waals surface area contributed by atoms with E-state index in [9.17, 15) is 13.2 Å². The van der Waals surface area contributed by atoms with Crippen molar-refractivity contribution in [3.8, 4) is 0 Å². The van der Waals surface area contributed by atoms with Crippen LogP contribution in [-0.4, -0.2) is 77.8 Å². The number of unbranched alkanes of at least 4 members (excludes halogenated alkanes) is 1. The molecule has 3 aromatic rings. The Morgan fingerprint density at radius 2 is 1.40 bits per heavy atom. The molecule has 10 nitrogen and oxygen atoms in total. The number of nitrogen functional groups attached to an aromatic ring is 1. The first-order valence-corrected chi connectivity index (χ1v) is 17.0. The lowest BCUT2D eigenvalue weighted by molar-refractivity contribution is -0.122. The first kappa shape index (κ1) is 32.6. The van der Waals surface area contributed by atoms with Crippen LogP contribution in [0.25, 0.3) is 4.91 Å². The smallest absolute Gasteiger partial charge is 0.285 e. The maximum absolute atomic E-state index is 13.3. The summed E-state index contributed by atoms with van der Waals surface area (Å²) >= 11 is 6.12. The van der Waals surface area contributed by atoms with Gasteiger partial charge in [0.15, 0.2) is 0 Å². The number of rotatable bonds is 8. The first-order valence-electron chi connectivity index (χ1n) is 15.2. The van der Waals surface area contributed by atoms with Gasteiger partial charge in [-0.05, 0) is 72.6 Å². The molecule has 3 aromatic carbocycles. The van der Waals surface area contributed by atoms with E-state index in [-0.39, 0.29) is 17.1 Å². The van der Waals surface area contributed by atoms with Crippen molar-refractivity contribution in [1.82, 2.24) is 4.31 Å². The summed E-state index contributed by atoms with van der Waals surface area (Å²) in [5, 5.41) is 3.48. The molecule has 3 N–H and O–H groups in total. The lowest BCUT2D eigenvalue weighted by Crippen LogP contribution is -2.36. The van der Waals surface area contributed by atoms with E-state index in [0.29, 0.717) is 35.9 Å². The molecule has 0 saturated carbocycles. The molecule has 6 rings (SSSR count). The number of morpholine rings is 2. The van der Waals surface area contributed by atoms with Crippen LogP contribution in [0.15, 0.2) is 78.5 Å². The zero-order valence-electron chi connectivity index (χ0n) is 25.5. The number of ether oxygens (including phenoxy) is 2. The Labute approximate surface area is 270 Å². The van der Waals surface area contributed by atoms with Crippen LogP contribution in [0.4, 0.5) is 22.7 Å². The maximum Gasteiger partial charge on any atom is 0.285 e. The van der Waals surface area contributed by atoms with Crippen LogP contribution in [-0.2, 0) is 24.3 Å². The number of halogens is 1. The number of benzene rings is 3. The molecule has 3 aliphatic rings. The maximum atomic E-state index is 13.3. The highest BCUT2D eigenvalue weighted by Gasteiger charge is 2.44. The number of nitrogens with zero attached hydrogens (tertiary/aromatic N) is 3. The quantitative estimate of drug-likeness (QED) is 0.323. The first-order chi connectivity index (χ1) is 21.8. The number of nitrogens with one attached hydrogen (secondary N) is 1. The molecule has 3 aliphatic heterocycles. The number of hydrogen-bond acceptors (Lipinski definition) is 9. The fraction of sp³-hybridized carbons (Fsp3) is 0.364. The van der Waals surface area contributed by atoms with Crippen molar-refractivity contribution in [2.75, 3.05) is 80.0 Å². The second kappa shape index (κ2) is 15.0. The number of carbonyl (C=O) groups is 1. The van der Waals surface area contributed by atoms with Crippen LogP contribution in [0, 0.1) is 0 Å². The standard InChI is InChI=1S/C23H26ClN3O4S.C10H14N2O/c1-2-3-11-27-23(28)21(22(32(27,29)30)17-5-4-6-18(24)16-17)25-19-7-9-20(10-8-19)26-12-14-31-15-13-26;11-9-1-3-10(4-2-9)12-5-7-13-8-6-12/h4-10,16,25H,2-3,11-15H2,1H3;1-4H,5-8,11H2. The van der Waals surface area contributed by atoms with Gasteiger partial charge in [-0.3, -0.25) is 4.79 Å². The van der Waals surface area contributed by atoms with Gasteiger partial charge in [0.1, 0.15) is 10.6 Å². The molecule has 2 saturated heterocycles. The molecule has 0 radical (unpaired) electrons. The molecule has 3 heterocycles. The van der Waals surface area contributed by atoms with E-state index in [0.717, 1.165) is 61.5 Å². The van der Waals surface area contributed by atoms with Crippen molar-refractivity contribution >= 4 is 55.2 Å². The van der Waals surface area contributed by atoms with Gasteiger partial charge in [0.05, 0.1) is 26.4 Å². The number of sulfonamides is 1. The Hall–Kier alpha value is -3.77. The number of carbonyl (C=O) groups excluding carboxylic acids is 1. The van der Waals surface area contributed by atoms with Crippen LogP contribution in [0.3, 0.4) is 0 Å². The second-order valence-corrected chi connectivity index (χ2v) is 13.1. The molecule has 0 spiro atoms. The van der Waals surface area contributed by atoms with Crippen LogP contribution in [0.1, 0.15) is 25.3 Å². The number of hydrogen-bond donors (Lipinski definition) is 2. The van der Waals surface area contributed by atoms with Gasteiger partial charge in [0, 0.05) is 60.5 Å². The Bertz CT molecular complexity index is 1590. The summed E-state index contributed by atoms with van der Waals surface area (Å²) in [6.45, 7) is 8.71. The molecule has 12 heteroatoms. The highest BCUT2D eigenvalue weighted by atomic mass is 35.5. The van der Waals surface area contributed by atoms with Gasteiger partial charge in [-0.2, -0.15) is 0 Å². The fourth-order valence-corrected chi connectivity index (χ4v) is 7.27. The lowest BCUT2D eigenvalue weighted by Gasteiger charge is -2.29. The van der Waals surface area contributed by atoms with Crippen molar-refractivity contribution in [2.45, 2.75) is 19.8 Å². The zero-order chi connectivity index (χ0) is 31.8. The van der Waals surface area contributed by atoms with Crippen molar-refractivity contribution in [3.63, 3.8) is 0 Å². The summed E-state index contributed by atoms with van der Waals surface area (Å²) in [5.74, 6) is -0.550. The van der Waals surface area contributed by atoms with Crippen molar-refractivity contribution in [2.24, 2.45) is 0 Å². The second-order valence-electron chi connectivity index (χ2n) is 10.9. The van der Waals surface area contributed by atoms with Gasteiger partial charge in [-0.1, -0.05) is 37.1 Å². The van der Waals surface area contributed by atoms with E-state index < -0.39 is 15.9 Å². The third-order valence-electron chi connectivity index (χ3n) is 7.80. The molecule has 0 bridgehead atoms. The van der Waals surface area contributed by atoms with Crippen molar-refractivity contribution in [1.29, 1.82) is 0 Å². The fourth-order valence-electron chi connectivity index (χ4n) is 5.35. The molecule has 240 valence electrons. The van der Waals surface area contributed by atoms with E-state index in [1.165, 1.54) is 5.69 Å². The van der Waals surface area contributed by atoms with Gasteiger partial charge in [-0.25, -0.2) is 12.7 Å². The predicted molar refractivity (Wildman–Crippen MR) is 181 cm³/mol. The Kier molecular flexibility index (Phi) is 10.9. The van der Waals surface area contributed by atoms with Gasteiger partial charge >= 0.3 is 0 Å². The van der Waals surface area contributed by atoms with Crippen molar-refractivity contribution < 1.29 is 22.7 Å². The van der Waals surface area contributed by atoms with Crippen LogP contribution < -0.4 is 20.9 Å². The summed E-state index contributed by atoms with van der Waals surface area (Å²) in [6, 6.07) is 22.1. The molecular weight excluding hydrogens is 614 g/mol. The molecule has 45 heavy (non-hydrogen) atoms. The highest BCUT2D eigenvalue weighted by Crippen LogP contribution is 2.37. The van der Waals surface area contributed by atoms with E-state index in [1.807, 2.05) is 43.3 Å².